The molecule has 0 saturated carbocycles. The Balaban J connectivity index is 2.75. The molecule has 0 spiro atoms. The van der Waals surface area contributed by atoms with Gasteiger partial charge in [-0.3, -0.25) is 4.68 Å². The van der Waals surface area contributed by atoms with Gasteiger partial charge in [-0.2, -0.15) is 5.10 Å². The molecule has 0 bridgehead atoms. The van der Waals surface area contributed by atoms with E-state index in [1.54, 1.807) is 14.2 Å². The van der Waals surface area contributed by atoms with Crippen LogP contribution in [0.2, 0.25) is 0 Å². The smallest absolute Gasteiger partial charge is 0.172 e. The van der Waals surface area contributed by atoms with Gasteiger partial charge in [-0.05, 0) is 19.5 Å². The number of ether oxygens (including phenoxy) is 2. The van der Waals surface area contributed by atoms with Crippen LogP contribution in [0.3, 0.4) is 0 Å². The average Bonchev–Trinajstić information content (AvgIpc) is 2.70. The molecule has 1 atom stereocenters. The Morgan fingerprint density at radius 1 is 1.41 bits per heavy atom. The molecule has 0 aliphatic carbocycles. The van der Waals surface area contributed by atoms with Gasteiger partial charge in [0.25, 0.3) is 0 Å². The van der Waals surface area contributed by atoms with E-state index < -0.39 is 0 Å². The van der Waals surface area contributed by atoms with Crippen LogP contribution in [0, 0.1) is 0 Å². The van der Waals surface area contributed by atoms with E-state index in [0.29, 0.717) is 0 Å². The summed E-state index contributed by atoms with van der Waals surface area (Å²) in [5.74, 6) is 0. The van der Waals surface area contributed by atoms with Gasteiger partial charge in [-0.15, -0.1) is 0 Å². The molecule has 0 fully saturated rings. The fourth-order valence-electron chi connectivity index (χ4n) is 1.92. The molecule has 1 N–H and O–H groups in total. The molecule has 5 heteroatoms. The first kappa shape index (κ1) is 14.2. The summed E-state index contributed by atoms with van der Waals surface area (Å²) in [6.45, 7) is 2.11. The molecule has 0 saturated heterocycles. The summed E-state index contributed by atoms with van der Waals surface area (Å²) in [6, 6.07) is 2.25. The molecule has 0 aromatic carbocycles. The minimum Gasteiger partial charge on any atom is -0.354 e. The molecule has 1 unspecified atom stereocenters. The summed E-state index contributed by atoms with van der Waals surface area (Å²) < 4.78 is 12.5. The third kappa shape index (κ3) is 3.52. The molecular formula is C12H23N3O2. The highest BCUT2D eigenvalue weighted by molar-refractivity contribution is 5.11. The number of methoxy groups -OCH3 is 2. The van der Waals surface area contributed by atoms with Crippen molar-refractivity contribution in [3.8, 4) is 0 Å². The minimum atomic E-state index is -0.250. The van der Waals surface area contributed by atoms with Crippen molar-refractivity contribution in [1.29, 1.82) is 0 Å². The Hall–Kier alpha value is -0.910. The molecular weight excluding hydrogens is 218 g/mol. The second kappa shape index (κ2) is 6.74. The van der Waals surface area contributed by atoms with Crippen LogP contribution in [0.25, 0.3) is 0 Å². The predicted octanol–water partition coefficient (Wildman–Crippen LogP) is 0.732. The van der Waals surface area contributed by atoms with Crippen molar-refractivity contribution in [2.24, 2.45) is 7.05 Å². The number of nitrogens with zero attached hydrogens (tertiary/aromatic N) is 2. The first-order valence-electron chi connectivity index (χ1n) is 5.90. The maximum Gasteiger partial charge on any atom is 0.172 e. The van der Waals surface area contributed by atoms with Gasteiger partial charge in [0.1, 0.15) is 0 Å². The first-order chi connectivity index (χ1) is 8.15. The first-order valence-corrected chi connectivity index (χ1v) is 5.90. The normalized spacial score (nSPS) is 13.3. The van der Waals surface area contributed by atoms with Crippen LogP contribution < -0.4 is 5.32 Å². The van der Waals surface area contributed by atoms with Gasteiger partial charge < -0.3 is 14.8 Å². The summed E-state index contributed by atoms with van der Waals surface area (Å²) in [7, 11) is 7.18. The summed E-state index contributed by atoms with van der Waals surface area (Å²) in [5, 5.41) is 7.65. The van der Waals surface area contributed by atoms with Crippen LogP contribution in [0.15, 0.2) is 6.07 Å². The molecule has 1 rings (SSSR count). The predicted molar refractivity (Wildman–Crippen MR) is 66.9 cm³/mol. The van der Waals surface area contributed by atoms with Crippen LogP contribution in [0.5, 0.6) is 0 Å². The highest BCUT2D eigenvalue weighted by Gasteiger charge is 2.21. The van der Waals surface area contributed by atoms with E-state index in [4.69, 9.17) is 9.47 Å². The molecule has 1 aromatic heterocycles. The van der Waals surface area contributed by atoms with Gasteiger partial charge >= 0.3 is 0 Å². The maximum absolute atomic E-state index is 5.28. The summed E-state index contributed by atoms with van der Waals surface area (Å²) in [4.78, 5) is 0. The number of likely N-dealkylation sites (N-methyl/N-ethyl adjacent to an activating group) is 1. The van der Waals surface area contributed by atoms with E-state index in [0.717, 1.165) is 18.5 Å². The number of aryl methyl sites for hydroxylation is 2. The van der Waals surface area contributed by atoms with Crippen molar-refractivity contribution in [3.05, 3.63) is 17.5 Å². The van der Waals surface area contributed by atoms with E-state index in [9.17, 15) is 0 Å². The standard InChI is InChI=1S/C12H23N3O2/c1-6-9-7-10(15(3)14-9)8-11(13-2)12(16-4)17-5/h7,11-13H,6,8H2,1-5H3. The van der Waals surface area contributed by atoms with Crippen LogP contribution >= 0.6 is 0 Å². The largest absolute Gasteiger partial charge is 0.354 e. The van der Waals surface area contributed by atoms with E-state index in [1.807, 2.05) is 18.8 Å². The third-order valence-electron chi connectivity index (χ3n) is 2.98. The van der Waals surface area contributed by atoms with E-state index in [1.165, 1.54) is 5.69 Å². The Morgan fingerprint density at radius 3 is 2.47 bits per heavy atom. The summed E-state index contributed by atoms with van der Waals surface area (Å²) in [6.07, 6.45) is 1.53. The fraction of sp³-hybridized carbons (Fsp3) is 0.750. The number of nitrogens with one attached hydrogen (secondary N) is 1. The Morgan fingerprint density at radius 2 is 2.06 bits per heavy atom. The zero-order valence-electron chi connectivity index (χ0n) is 11.4. The fourth-order valence-corrected chi connectivity index (χ4v) is 1.92. The van der Waals surface area contributed by atoms with E-state index in [2.05, 4.69) is 23.4 Å². The quantitative estimate of drug-likeness (QED) is 0.715. The lowest BCUT2D eigenvalue weighted by Crippen LogP contribution is -2.42. The second-order valence-electron chi connectivity index (χ2n) is 4.04. The van der Waals surface area contributed by atoms with Gasteiger partial charge in [0.05, 0.1) is 11.7 Å². The Kier molecular flexibility index (Phi) is 5.61. The van der Waals surface area contributed by atoms with Crippen molar-refractivity contribution >= 4 is 0 Å². The van der Waals surface area contributed by atoms with Crippen molar-refractivity contribution in [3.63, 3.8) is 0 Å². The van der Waals surface area contributed by atoms with Crippen LogP contribution in [-0.4, -0.2) is 43.4 Å². The van der Waals surface area contributed by atoms with Gasteiger partial charge in [-0.25, -0.2) is 0 Å². The number of aromatic nitrogens is 2. The number of hydrogen-bond donors (Lipinski definition) is 1. The lowest BCUT2D eigenvalue weighted by atomic mass is 10.1. The molecule has 17 heavy (non-hydrogen) atoms. The van der Waals surface area contributed by atoms with Gasteiger partial charge in [-0.1, -0.05) is 6.92 Å². The Labute approximate surface area is 103 Å². The number of rotatable bonds is 7. The highest BCUT2D eigenvalue weighted by Crippen LogP contribution is 2.10. The molecule has 0 amide bonds. The van der Waals surface area contributed by atoms with Crippen molar-refractivity contribution in [2.45, 2.75) is 32.1 Å². The molecule has 0 radical (unpaired) electrons. The second-order valence-corrected chi connectivity index (χ2v) is 4.04. The topological polar surface area (TPSA) is 48.3 Å². The lowest BCUT2D eigenvalue weighted by Gasteiger charge is -2.24. The number of hydrogen-bond acceptors (Lipinski definition) is 4. The maximum atomic E-state index is 5.28. The van der Waals surface area contributed by atoms with Gasteiger partial charge in [0.15, 0.2) is 6.29 Å². The minimum absolute atomic E-state index is 0.116. The van der Waals surface area contributed by atoms with Crippen molar-refractivity contribution in [1.82, 2.24) is 15.1 Å². The molecule has 0 aliphatic rings. The zero-order valence-corrected chi connectivity index (χ0v) is 11.4. The van der Waals surface area contributed by atoms with Crippen molar-refractivity contribution in [2.75, 3.05) is 21.3 Å². The van der Waals surface area contributed by atoms with E-state index >= 15 is 0 Å². The monoisotopic (exact) mass is 241 g/mol. The van der Waals surface area contributed by atoms with Crippen LogP contribution in [0.4, 0.5) is 0 Å². The van der Waals surface area contributed by atoms with Crippen LogP contribution in [0.1, 0.15) is 18.3 Å². The summed E-state index contributed by atoms with van der Waals surface area (Å²) >= 11 is 0. The zero-order chi connectivity index (χ0) is 12.8. The highest BCUT2D eigenvalue weighted by atomic mass is 16.7. The van der Waals surface area contributed by atoms with Gasteiger partial charge in [0, 0.05) is 33.4 Å². The molecule has 1 heterocycles. The molecule has 5 nitrogen and oxygen atoms in total. The van der Waals surface area contributed by atoms with Crippen LogP contribution in [-0.2, 0) is 29.4 Å². The Bertz CT molecular complexity index is 334. The third-order valence-corrected chi connectivity index (χ3v) is 2.98. The lowest BCUT2D eigenvalue weighted by molar-refractivity contribution is -0.121. The van der Waals surface area contributed by atoms with Crippen molar-refractivity contribution < 1.29 is 9.47 Å². The van der Waals surface area contributed by atoms with Gasteiger partial charge in [0.2, 0.25) is 0 Å². The van der Waals surface area contributed by atoms with E-state index in [-0.39, 0.29) is 12.3 Å². The SMILES string of the molecule is CCc1cc(CC(NC)C(OC)OC)n(C)n1. The summed E-state index contributed by atoms with van der Waals surface area (Å²) in [5.41, 5.74) is 2.30. The average molecular weight is 241 g/mol. The molecule has 1 aromatic rings. The molecule has 98 valence electrons. The molecule has 0 aliphatic heterocycles.